The van der Waals surface area contributed by atoms with Crippen molar-refractivity contribution in [1.29, 1.82) is 0 Å². The summed E-state index contributed by atoms with van der Waals surface area (Å²) in [6, 6.07) is 3.84. The summed E-state index contributed by atoms with van der Waals surface area (Å²) >= 11 is 5.76. The van der Waals surface area contributed by atoms with E-state index in [1.807, 2.05) is 13.8 Å². The SMILES string of the molecule is CC(C)OCCS(=O)(=O)Nc1ccc(C(=O)O)c(Cl)c1. The van der Waals surface area contributed by atoms with Crippen LogP contribution in [0, 0.1) is 0 Å². The van der Waals surface area contributed by atoms with Gasteiger partial charge < -0.3 is 9.84 Å². The summed E-state index contributed by atoms with van der Waals surface area (Å²) in [5, 5.41) is 8.79. The lowest BCUT2D eigenvalue weighted by atomic mass is 10.2. The molecular formula is C12H16ClNO5S. The maximum absolute atomic E-state index is 11.8. The van der Waals surface area contributed by atoms with Gasteiger partial charge >= 0.3 is 5.97 Å². The molecule has 0 spiro atoms. The molecule has 0 radical (unpaired) electrons. The first kappa shape index (κ1) is 16.7. The minimum absolute atomic E-state index is 0.0314. The highest BCUT2D eigenvalue weighted by Gasteiger charge is 2.14. The van der Waals surface area contributed by atoms with E-state index in [4.69, 9.17) is 21.4 Å². The van der Waals surface area contributed by atoms with Gasteiger partial charge in [0, 0.05) is 5.69 Å². The molecule has 0 atom stereocenters. The second-order valence-electron chi connectivity index (χ2n) is 4.34. The van der Waals surface area contributed by atoms with Gasteiger partial charge in [0.05, 0.1) is 29.0 Å². The van der Waals surface area contributed by atoms with Crippen LogP contribution in [0.2, 0.25) is 5.02 Å². The minimum atomic E-state index is -3.56. The van der Waals surface area contributed by atoms with Crippen LogP contribution in [0.15, 0.2) is 18.2 Å². The molecule has 8 heteroatoms. The van der Waals surface area contributed by atoms with Crippen molar-refractivity contribution < 1.29 is 23.1 Å². The largest absolute Gasteiger partial charge is 0.478 e. The van der Waals surface area contributed by atoms with Crippen molar-refractivity contribution in [2.75, 3.05) is 17.1 Å². The van der Waals surface area contributed by atoms with Crippen molar-refractivity contribution in [2.24, 2.45) is 0 Å². The summed E-state index contributed by atoms with van der Waals surface area (Å²) in [7, 11) is -3.56. The monoisotopic (exact) mass is 321 g/mol. The Morgan fingerprint density at radius 2 is 2.10 bits per heavy atom. The van der Waals surface area contributed by atoms with E-state index in [-0.39, 0.29) is 34.7 Å². The van der Waals surface area contributed by atoms with E-state index < -0.39 is 16.0 Å². The number of halogens is 1. The van der Waals surface area contributed by atoms with Crippen LogP contribution in [0.3, 0.4) is 0 Å². The Hall–Kier alpha value is -1.31. The molecule has 0 aliphatic heterocycles. The first-order chi connectivity index (χ1) is 9.21. The molecular weight excluding hydrogens is 306 g/mol. The molecule has 0 bridgehead atoms. The van der Waals surface area contributed by atoms with E-state index in [0.717, 1.165) is 0 Å². The third kappa shape index (κ3) is 5.36. The molecule has 0 heterocycles. The Bertz CT molecular complexity index is 586. The number of sulfonamides is 1. The predicted octanol–water partition coefficient (Wildman–Crippen LogP) is 2.20. The Balaban J connectivity index is 2.73. The second-order valence-corrected chi connectivity index (χ2v) is 6.59. The van der Waals surface area contributed by atoms with Gasteiger partial charge in [0.1, 0.15) is 0 Å². The van der Waals surface area contributed by atoms with Crippen molar-refractivity contribution in [1.82, 2.24) is 0 Å². The van der Waals surface area contributed by atoms with Gasteiger partial charge in [-0.15, -0.1) is 0 Å². The van der Waals surface area contributed by atoms with E-state index in [9.17, 15) is 13.2 Å². The summed E-state index contributed by atoms with van der Waals surface area (Å²) < 4.78 is 31.0. The Kier molecular flexibility index (Phi) is 5.79. The third-order valence-electron chi connectivity index (χ3n) is 2.28. The average molecular weight is 322 g/mol. The van der Waals surface area contributed by atoms with E-state index in [0.29, 0.717) is 0 Å². The summed E-state index contributed by atoms with van der Waals surface area (Å²) in [6.45, 7) is 3.70. The van der Waals surface area contributed by atoms with Crippen LogP contribution in [0.1, 0.15) is 24.2 Å². The van der Waals surface area contributed by atoms with Gasteiger partial charge in [-0.1, -0.05) is 11.6 Å². The second kappa shape index (κ2) is 6.92. The van der Waals surface area contributed by atoms with Crippen LogP contribution < -0.4 is 4.72 Å². The number of nitrogens with one attached hydrogen (secondary N) is 1. The molecule has 0 saturated heterocycles. The van der Waals surface area contributed by atoms with Crippen LogP contribution >= 0.6 is 11.6 Å². The maximum atomic E-state index is 11.8. The molecule has 0 amide bonds. The molecule has 0 fully saturated rings. The number of anilines is 1. The fourth-order valence-electron chi connectivity index (χ4n) is 1.38. The van der Waals surface area contributed by atoms with Crippen LogP contribution in [-0.2, 0) is 14.8 Å². The van der Waals surface area contributed by atoms with Crippen LogP contribution in [0.4, 0.5) is 5.69 Å². The lowest BCUT2D eigenvalue weighted by Gasteiger charge is -2.10. The Labute approximate surface area is 122 Å². The first-order valence-corrected chi connectivity index (χ1v) is 7.89. The molecule has 1 aromatic rings. The van der Waals surface area contributed by atoms with Gasteiger partial charge in [-0.05, 0) is 32.0 Å². The molecule has 2 N–H and O–H groups in total. The van der Waals surface area contributed by atoms with Gasteiger partial charge in [0.2, 0.25) is 10.0 Å². The fraction of sp³-hybridized carbons (Fsp3) is 0.417. The number of hydrogen-bond acceptors (Lipinski definition) is 4. The third-order valence-corrected chi connectivity index (χ3v) is 3.84. The molecule has 20 heavy (non-hydrogen) atoms. The number of aromatic carboxylic acids is 1. The summed E-state index contributed by atoms with van der Waals surface area (Å²) in [4.78, 5) is 10.8. The van der Waals surface area contributed by atoms with Crippen molar-refractivity contribution in [3.63, 3.8) is 0 Å². The van der Waals surface area contributed by atoms with E-state index in [2.05, 4.69) is 4.72 Å². The number of carbonyl (C=O) groups is 1. The molecule has 112 valence electrons. The van der Waals surface area contributed by atoms with Crippen molar-refractivity contribution in [2.45, 2.75) is 20.0 Å². The van der Waals surface area contributed by atoms with Crippen molar-refractivity contribution in [3.05, 3.63) is 28.8 Å². The Morgan fingerprint density at radius 3 is 2.60 bits per heavy atom. The lowest BCUT2D eigenvalue weighted by Crippen LogP contribution is -2.21. The number of ether oxygens (including phenoxy) is 1. The van der Waals surface area contributed by atoms with E-state index in [1.165, 1.54) is 18.2 Å². The normalized spacial score (nSPS) is 11.6. The summed E-state index contributed by atoms with van der Waals surface area (Å²) in [5.41, 5.74) is 0.127. The van der Waals surface area contributed by atoms with E-state index >= 15 is 0 Å². The van der Waals surface area contributed by atoms with Crippen molar-refractivity contribution in [3.8, 4) is 0 Å². The zero-order valence-corrected chi connectivity index (χ0v) is 12.7. The van der Waals surface area contributed by atoms with Gasteiger partial charge in [-0.2, -0.15) is 0 Å². The molecule has 0 aliphatic carbocycles. The van der Waals surface area contributed by atoms with Gasteiger partial charge in [-0.3, -0.25) is 4.72 Å². The number of rotatable bonds is 7. The predicted molar refractivity (Wildman–Crippen MR) is 76.9 cm³/mol. The molecule has 1 rings (SSSR count). The number of benzene rings is 1. The van der Waals surface area contributed by atoms with Crippen LogP contribution in [0.5, 0.6) is 0 Å². The molecule has 6 nitrogen and oxygen atoms in total. The van der Waals surface area contributed by atoms with Crippen LogP contribution in [-0.4, -0.2) is 38.0 Å². The van der Waals surface area contributed by atoms with Gasteiger partial charge in [0.15, 0.2) is 0 Å². The summed E-state index contributed by atoms with van der Waals surface area (Å²) in [5.74, 6) is -1.36. The number of carboxylic acid groups (broad SMARTS) is 1. The number of carboxylic acids is 1. The highest BCUT2D eigenvalue weighted by atomic mass is 35.5. The summed E-state index contributed by atoms with van der Waals surface area (Å²) in [6.07, 6.45) is -0.0468. The standard InChI is InChI=1S/C12H16ClNO5S/c1-8(2)19-5-6-20(17,18)14-9-3-4-10(12(15)16)11(13)7-9/h3-4,7-8,14H,5-6H2,1-2H3,(H,15,16). The molecule has 0 saturated carbocycles. The molecule has 1 aromatic carbocycles. The minimum Gasteiger partial charge on any atom is -0.478 e. The average Bonchev–Trinajstić information content (AvgIpc) is 2.26. The Morgan fingerprint density at radius 1 is 1.45 bits per heavy atom. The van der Waals surface area contributed by atoms with Crippen molar-refractivity contribution >= 4 is 33.3 Å². The molecule has 0 unspecified atom stereocenters. The highest BCUT2D eigenvalue weighted by molar-refractivity contribution is 7.92. The molecule has 0 aliphatic rings. The maximum Gasteiger partial charge on any atom is 0.337 e. The molecule has 0 aromatic heterocycles. The van der Waals surface area contributed by atoms with Crippen LogP contribution in [0.25, 0.3) is 0 Å². The zero-order chi connectivity index (χ0) is 15.3. The van der Waals surface area contributed by atoms with Gasteiger partial charge in [-0.25, -0.2) is 13.2 Å². The highest BCUT2D eigenvalue weighted by Crippen LogP contribution is 2.21. The fourth-order valence-corrected chi connectivity index (χ4v) is 2.54. The number of hydrogen-bond donors (Lipinski definition) is 2. The smallest absolute Gasteiger partial charge is 0.337 e. The lowest BCUT2D eigenvalue weighted by molar-refractivity contribution is 0.0697. The quantitative estimate of drug-likeness (QED) is 0.803. The first-order valence-electron chi connectivity index (χ1n) is 5.86. The van der Waals surface area contributed by atoms with Gasteiger partial charge in [0.25, 0.3) is 0 Å². The van der Waals surface area contributed by atoms with E-state index in [1.54, 1.807) is 0 Å². The zero-order valence-electron chi connectivity index (χ0n) is 11.1. The topological polar surface area (TPSA) is 92.7 Å².